The van der Waals surface area contributed by atoms with Crippen molar-refractivity contribution in [1.29, 1.82) is 0 Å². The highest BCUT2D eigenvalue weighted by molar-refractivity contribution is 9.10. The molecule has 0 fully saturated rings. The number of carbonyl (C=O) groups is 1. The van der Waals surface area contributed by atoms with Gasteiger partial charge in [0.15, 0.2) is 12.4 Å². The van der Waals surface area contributed by atoms with Crippen LogP contribution in [0.3, 0.4) is 0 Å². The average Bonchev–Trinajstić information content (AvgIpc) is 2.84. The van der Waals surface area contributed by atoms with E-state index in [0.29, 0.717) is 11.5 Å². The van der Waals surface area contributed by atoms with Crippen molar-refractivity contribution in [3.8, 4) is 0 Å². The number of hydrogen-bond acceptors (Lipinski definition) is 5. The number of hydrogen-bond donors (Lipinski definition) is 1. The van der Waals surface area contributed by atoms with E-state index < -0.39 is 5.97 Å². The fourth-order valence-electron chi connectivity index (χ4n) is 1.09. The monoisotopic (exact) mass is 285 g/mol. The van der Waals surface area contributed by atoms with E-state index >= 15 is 0 Å². The molecule has 1 N–H and O–H groups in total. The maximum Gasteiger partial charge on any atom is 0.355 e. The normalized spacial score (nSPS) is 10.4. The lowest BCUT2D eigenvalue weighted by molar-refractivity contribution is 0.0423. The summed E-state index contributed by atoms with van der Waals surface area (Å²) in [6, 6.07) is 1.63. The third-order valence-electron chi connectivity index (χ3n) is 1.76. The van der Waals surface area contributed by atoms with Crippen LogP contribution in [0.15, 0.2) is 21.3 Å². The number of aromatic amines is 1. The second-order valence-electron chi connectivity index (χ2n) is 3.04. The Morgan fingerprint density at radius 2 is 2.50 bits per heavy atom. The number of nitrogens with zero attached hydrogens (tertiary/aromatic N) is 2. The molecular formula is C9H8BrN3O3. The van der Waals surface area contributed by atoms with Crippen LogP contribution in [0.5, 0.6) is 0 Å². The third-order valence-corrected chi connectivity index (χ3v) is 2.22. The van der Waals surface area contributed by atoms with Crippen molar-refractivity contribution in [2.24, 2.45) is 0 Å². The number of H-pyrrole nitrogens is 1. The fraction of sp³-hybridized carbons (Fsp3) is 0.222. The molecule has 0 aromatic carbocycles. The van der Waals surface area contributed by atoms with Crippen molar-refractivity contribution in [3.63, 3.8) is 0 Å². The minimum absolute atomic E-state index is 0.0314. The minimum Gasteiger partial charge on any atom is -0.451 e. The van der Waals surface area contributed by atoms with Crippen LogP contribution in [0.1, 0.15) is 22.2 Å². The maximum atomic E-state index is 11.5. The molecule has 84 valence electrons. The molecule has 0 saturated heterocycles. The molecule has 2 aromatic heterocycles. The summed E-state index contributed by atoms with van der Waals surface area (Å²) in [6.45, 7) is 1.66. The molecule has 0 unspecified atom stereocenters. The Hall–Kier alpha value is -1.63. The molecule has 0 aliphatic rings. The number of halogens is 1. The Balaban J connectivity index is 1.93. The van der Waals surface area contributed by atoms with E-state index in [4.69, 9.17) is 9.26 Å². The highest BCUT2D eigenvalue weighted by Crippen LogP contribution is 2.12. The smallest absolute Gasteiger partial charge is 0.355 e. The molecular weight excluding hydrogens is 278 g/mol. The Morgan fingerprint density at radius 3 is 3.06 bits per heavy atom. The molecule has 0 atom stereocenters. The van der Waals surface area contributed by atoms with Crippen LogP contribution in [-0.4, -0.2) is 21.1 Å². The van der Waals surface area contributed by atoms with Crippen LogP contribution in [-0.2, 0) is 11.3 Å². The molecule has 0 radical (unpaired) electrons. The summed E-state index contributed by atoms with van der Waals surface area (Å²) in [4.78, 5) is 18.1. The first-order valence-corrected chi connectivity index (χ1v) is 5.24. The summed E-state index contributed by atoms with van der Waals surface area (Å²) in [5.74, 6) is 0.312. The van der Waals surface area contributed by atoms with Crippen LogP contribution in [0.2, 0.25) is 0 Å². The largest absolute Gasteiger partial charge is 0.451 e. The van der Waals surface area contributed by atoms with E-state index in [2.05, 4.69) is 31.1 Å². The van der Waals surface area contributed by atoms with E-state index in [0.717, 1.165) is 4.47 Å². The summed E-state index contributed by atoms with van der Waals surface area (Å²) < 4.78 is 10.5. The summed E-state index contributed by atoms with van der Waals surface area (Å²) >= 11 is 3.22. The van der Waals surface area contributed by atoms with Crippen LogP contribution >= 0.6 is 15.9 Å². The van der Waals surface area contributed by atoms with Crippen LogP contribution in [0, 0.1) is 6.92 Å². The second-order valence-corrected chi connectivity index (χ2v) is 3.96. The first-order chi connectivity index (χ1) is 7.65. The molecule has 0 spiro atoms. The van der Waals surface area contributed by atoms with Crippen molar-refractivity contribution >= 4 is 21.9 Å². The van der Waals surface area contributed by atoms with Gasteiger partial charge in [0.1, 0.15) is 5.69 Å². The highest BCUT2D eigenvalue weighted by Gasteiger charge is 2.11. The predicted octanol–water partition coefficient (Wildman–Crippen LogP) is 1.83. The number of aromatic nitrogens is 3. The van der Waals surface area contributed by atoms with Crippen molar-refractivity contribution in [3.05, 3.63) is 34.1 Å². The van der Waals surface area contributed by atoms with Gasteiger partial charge in [0, 0.05) is 10.7 Å². The molecule has 16 heavy (non-hydrogen) atoms. The van der Waals surface area contributed by atoms with Crippen LogP contribution in [0.25, 0.3) is 0 Å². The SMILES string of the molecule is Cc1noc(COC(=O)c2cc(Br)c[nH]2)n1. The van der Waals surface area contributed by atoms with Gasteiger partial charge >= 0.3 is 5.97 Å². The number of nitrogens with one attached hydrogen (secondary N) is 1. The second kappa shape index (κ2) is 4.48. The van der Waals surface area contributed by atoms with Gasteiger partial charge in [-0.1, -0.05) is 5.16 Å². The molecule has 2 aromatic rings. The topological polar surface area (TPSA) is 81.0 Å². The first-order valence-electron chi connectivity index (χ1n) is 4.45. The van der Waals surface area contributed by atoms with E-state index in [1.54, 1.807) is 19.2 Å². The first kappa shape index (κ1) is 10.9. The maximum absolute atomic E-state index is 11.5. The summed E-state index contributed by atoms with van der Waals surface area (Å²) in [5.41, 5.74) is 0.364. The molecule has 0 bridgehead atoms. The molecule has 0 amide bonds. The number of ether oxygens (including phenoxy) is 1. The molecule has 0 aliphatic heterocycles. The van der Waals surface area contributed by atoms with Gasteiger partial charge in [-0.3, -0.25) is 0 Å². The van der Waals surface area contributed by atoms with Gasteiger partial charge < -0.3 is 14.2 Å². The molecule has 2 rings (SSSR count). The van der Waals surface area contributed by atoms with E-state index in [-0.39, 0.29) is 12.5 Å². The number of aryl methyl sites for hydroxylation is 1. The van der Waals surface area contributed by atoms with Crippen molar-refractivity contribution in [2.45, 2.75) is 13.5 Å². The van der Waals surface area contributed by atoms with Crippen LogP contribution < -0.4 is 0 Å². The zero-order valence-electron chi connectivity index (χ0n) is 8.36. The van der Waals surface area contributed by atoms with E-state index in [1.807, 2.05) is 0 Å². The number of esters is 1. The lowest BCUT2D eigenvalue weighted by atomic mass is 10.4. The fourth-order valence-corrected chi connectivity index (χ4v) is 1.43. The molecule has 0 aliphatic carbocycles. The van der Waals surface area contributed by atoms with Gasteiger partial charge in [0.05, 0.1) is 0 Å². The molecule has 2 heterocycles. The lowest BCUT2D eigenvalue weighted by Crippen LogP contribution is -2.05. The minimum atomic E-state index is -0.471. The van der Waals surface area contributed by atoms with Gasteiger partial charge in [0.25, 0.3) is 5.89 Å². The van der Waals surface area contributed by atoms with Gasteiger partial charge in [-0.25, -0.2) is 4.79 Å². The highest BCUT2D eigenvalue weighted by atomic mass is 79.9. The Kier molecular flexibility index (Phi) is 3.04. The lowest BCUT2D eigenvalue weighted by Gasteiger charge is -1.98. The van der Waals surface area contributed by atoms with Crippen LogP contribution in [0.4, 0.5) is 0 Å². The quantitative estimate of drug-likeness (QED) is 0.870. The zero-order chi connectivity index (χ0) is 11.5. The van der Waals surface area contributed by atoms with Crippen molar-refractivity contribution in [1.82, 2.24) is 15.1 Å². The number of carbonyl (C=O) groups excluding carboxylic acids is 1. The van der Waals surface area contributed by atoms with Crippen molar-refractivity contribution < 1.29 is 14.1 Å². The van der Waals surface area contributed by atoms with Crippen molar-refractivity contribution in [2.75, 3.05) is 0 Å². The average molecular weight is 286 g/mol. The molecule has 6 nitrogen and oxygen atoms in total. The van der Waals surface area contributed by atoms with Gasteiger partial charge in [-0.05, 0) is 28.9 Å². The Morgan fingerprint density at radius 1 is 1.69 bits per heavy atom. The van der Waals surface area contributed by atoms with E-state index in [1.165, 1.54) is 0 Å². The third kappa shape index (κ3) is 2.48. The summed E-state index contributed by atoms with van der Waals surface area (Å²) in [6.07, 6.45) is 1.65. The standard InChI is InChI=1S/C9H8BrN3O3/c1-5-12-8(16-13-5)4-15-9(14)7-2-6(10)3-11-7/h2-3,11H,4H2,1H3. The Labute approximate surface area is 99.1 Å². The van der Waals surface area contributed by atoms with Gasteiger partial charge in [-0.15, -0.1) is 0 Å². The van der Waals surface area contributed by atoms with Gasteiger partial charge in [-0.2, -0.15) is 4.98 Å². The molecule has 7 heteroatoms. The summed E-state index contributed by atoms with van der Waals surface area (Å²) in [5, 5.41) is 3.58. The van der Waals surface area contributed by atoms with Gasteiger partial charge in [0.2, 0.25) is 0 Å². The Bertz CT molecular complexity index is 506. The molecule has 0 saturated carbocycles. The number of rotatable bonds is 3. The predicted molar refractivity (Wildman–Crippen MR) is 56.6 cm³/mol. The summed E-state index contributed by atoms with van der Waals surface area (Å²) in [7, 11) is 0. The van der Waals surface area contributed by atoms with E-state index in [9.17, 15) is 4.79 Å². The zero-order valence-corrected chi connectivity index (χ0v) is 9.94.